The third-order valence-electron chi connectivity index (χ3n) is 2.63. The highest BCUT2D eigenvalue weighted by Gasteiger charge is 2.14. The van der Waals surface area contributed by atoms with E-state index >= 15 is 0 Å². The third-order valence-corrected chi connectivity index (χ3v) is 2.63. The number of carbonyl (C=O) groups excluding carboxylic acids is 1. The molecule has 0 aliphatic carbocycles. The number of carbonyl (C=O) groups is 1. The minimum atomic E-state index is -0.153. The van der Waals surface area contributed by atoms with E-state index < -0.39 is 0 Å². The monoisotopic (exact) mass is 252 g/mol. The summed E-state index contributed by atoms with van der Waals surface area (Å²) in [6.07, 6.45) is 0.310. The molecule has 0 aliphatic heterocycles. The Labute approximate surface area is 107 Å². The van der Waals surface area contributed by atoms with Crippen molar-refractivity contribution in [1.29, 1.82) is 0 Å². The molecule has 0 saturated carbocycles. The summed E-state index contributed by atoms with van der Waals surface area (Å²) in [7, 11) is 4.85. The van der Waals surface area contributed by atoms with Crippen LogP contribution in [0.25, 0.3) is 0 Å². The van der Waals surface area contributed by atoms with Crippen molar-refractivity contribution in [2.45, 2.75) is 19.4 Å². The van der Waals surface area contributed by atoms with Crippen molar-refractivity contribution in [3.8, 4) is 11.5 Å². The summed E-state index contributed by atoms with van der Waals surface area (Å²) in [5, 5.41) is 0. The van der Waals surface area contributed by atoms with Crippen LogP contribution in [0.1, 0.15) is 13.3 Å². The standard InChI is InChI=1S/C13H20N2O3/c1-9(14)7-13(16)15(2)10-5-6-11(17-3)12(8-10)18-4/h5-6,8-9H,7,14H2,1-4H3. The molecule has 1 amide bonds. The van der Waals surface area contributed by atoms with Gasteiger partial charge in [0.2, 0.25) is 5.91 Å². The predicted molar refractivity (Wildman–Crippen MR) is 71.2 cm³/mol. The number of ether oxygens (including phenoxy) is 2. The zero-order valence-corrected chi connectivity index (χ0v) is 11.3. The van der Waals surface area contributed by atoms with Gasteiger partial charge in [-0.2, -0.15) is 0 Å². The summed E-state index contributed by atoms with van der Waals surface area (Å²) in [4.78, 5) is 13.4. The normalized spacial score (nSPS) is 11.8. The van der Waals surface area contributed by atoms with Gasteiger partial charge in [-0.05, 0) is 19.1 Å². The van der Waals surface area contributed by atoms with Crippen molar-refractivity contribution in [3.63, 3.8) is 0 Å². The van der Waals surface area contributed by atoms with E-state index in [1.54, 1.807) is 51.3 Å². The highest BCUT2D eigenvalue weighted by molar-refractivity contribution is 5.93. The van der Waals surface area contributed by atoms with E-state index in [1.165, 1.54) is 0 Å². The average Bonchev–Trinajstić information content (AvgIpc) is 2.36. The number of nitrogens with two attached hydrogens (primary N) is 1. The first-order valence-electron chi connectivity index (χ1n) is 5.73. The molecule has 0 bridgehead atoms. The summed E-state index contributed by atoms with van der Waals surface area (Å²) < 4.78 is 10.3. The van der Waals surface area contributed by atoms with E-state index in [0.717, 1.165) is 5.69 Å². The lowest BCUT2D eigenvalue weighted by Crippen LogP contribution is -2.31. The minimum absolute atomic E-state index is 0.0304. The van der Waals surface area contributed by atoms with Crippen LogP contribution in [0.15, 0.2) is 18.2 Å². The van der Waals surface area contributed by atoms with Crippen LogP contribution in [0.4, 0.5) is 5.69 Å². The fourth-order valence-electron chi connectivity index (χ4n) is 1.59. The Morgan fingerprint density at radius 2 is 1.94 bits per heavy atom. The molecule has 5 heteroatoms. The first-order chi connectivity index (χ1) is 8.49. The second kappa shape index (κ2) is 6.26. The number of hydrogen-bond donors (Lipinski definition) is 1. The maximum atomic E-state index is 11.9. The Morgan fingerprint density at radius 3 is 2.44 bits per heavy atom. The number of methoxy groups -OCH3 is 2. The first kappa shape index (κ1) is 14.3. The van der Waals surface area contributed by atoms with Crippen LogP contribution in [-0.4, -0.2) is 33.2 Å². The van der Waals surface area contributed by atoms with Gasteiger partial charge in [-0.1, -0.05) is 0 Å². The SMILES string of the molecule is COc1ccc(N(C)C(=O)CC(C)N)cc1OC. The van der Waals surface area contributed by atoms with Crippen LogP contribution in [0, 0.1) is 0 Å². The van der Waals surface area contributed by atoms with Gasteiger partial charge in [0.15, 0.2) is 11.5 Å². The maximum absolute atomic E-state index is 11.9. The van der Waals surface area contributed by atoms with E-state index in [9.17, 15) is 4.79 Å². The molecular formula is C13H20N2O3. The topological polar surface area (TPSA) is 64.8 Å². The minimum Gasteiger partial charge on any atom is -0.493 e. The molecule has 1 aromatic rings. The van der Waals surface area contributed by atoms with Crippen molar-refractivity contribution >= 4 is 11.6 Å². The van der Waals surface area contributed by atoms with Crippen molar-refractivity contribution in [3.05, 3.63) is 18.2 Å². The molecular weight excluding hydrogens is 232 g/mol. The van der Waals surface area contributed by atoms with Gasteiger partial charge in [0, 0.05) is 31.3 Å². The average molecular weight is 252 g/mol. The van der Waals surface area contributed by atoms with E-state index in [4.69, 9.17) is 15.2 Å². The number of rotatable bonds is 5. The lowest BCUT2D eigenvalue weighted by Gasteiger charge is -2.19. The fraction of sp³-hybridized carbons (Fsp3) is 0.462. The van der Waals surface area contributed by atoms with Crippen molar-refractivity contribution in [2.75, 3.05) is 26.2 Å². The molecule has 0 spiro atoms. The summed E-state index contributed by atoms with van der Waals surface area (Å²) in [6, 6.07) is 5.18. The molecule has 1 aromatic carbocycles. The largest absolute Gasteiger partial charge is 0.493 e. The number of nitrogens with zero attached hydrogens (tertiary/aromatic N) is 1. The molecule has 100 valence electrons. The molecule has 2 N–H and O–H groups in total. The quantitative estimate of drug-likeness (QED) is 0.860. The van der Waals surface area contributed by atoms with Gasteiger partial charge in [0.05, 0.1) is 14.2 Å². The zero-order chi connectivity index (χ0) is 13.7. The highest BCUT2D eigenvalue weighted by atomic mass is 16.5. The molecule has 1 atom stereocenters. The van der Waals surface area contributed by atoms with Crippen molar-refractivity contribution in [2.24, 2.45) is 5.73 Å². The van der Waals surface area contributed by atoms with Crippen LogP contribution in [0.2, 0.25) is 0 Å². The van der Waals surface area contributed by atoms with E-state index in [2.05, 4.69) is 0 Å². The Bertz CT molecular complexity index is 419. The second-order valence-electron chi connectivity index (χ2n) is 4.17. The Hall–Kier alpha value is -1.75. The number of anilines is 1. The molecule has 5 nitrogen and oxygen atoms in total. The molecule has 0 radical (unpaired) electrons. The maximum Gasteiger partial charge on any atom is 0.228 e. The molecule has 0 fully saturated rings. The van der Waals surface area contributed by atoms with E-state index in [0.29, 0.717) is 17.9 Å². The summed E-state index contributed by atoms with van der Waals surface area (Å²) >= 11 is 0. The number of amides is 1. The molecule has 1 unspecified atom stereocenters. The van der Waals surface area contributed by atoms with Crippen LogP contribution in [0.3, 0.4) is 0 Å². The summed E-state index contributed by atoms with van der Waals surface area (Å²) in [5.41, 5.74) is 6.37. The molecule has 0 aromatic heterocycles. The second-order valence-corrected chi connectivity index (χ2v) is 4.17. The van der Waals surface area contributed by atoms with Gasteiger partial charge in [0.25, 0.3) is 0 Å². The van der Waals surface area contributed by atoms with Crippen LogP contribution >= 0.6 is 0 Å². The van der Waals surface area contributed by atoms with Crippen molar-refractivity contribution in [1.82, 2.24) is 0 Å². The third kappa shape index (κ3) is 3.37. The highest BCUT2D eigenvalue weighted by Crippen LogP contribution is 2.31. The van der Waals surface area contributed by atoms with Gasteiger partial charge in [-0.3, -0.25) is 4.79 Å². The van der Waals surface area contributed by atoms with Crippen LogP contribution < -0.4 is 20.1 Å². The molecule has 0 saturated heterocycles. The molecule has 0 aliphatic rings. The predicted octanol–water partition coefficient (Wildman–Crippen LogP) is 1.40. The number of hydrogen-bond acceptors (Lipinski definition) is 4. The lowest BCUT2D eigenvalue weighted by molar-refractivity contribution is -0.118. The Morgan fingerprint density at radius 1 is 1.33 bits per heavy atom. The first-order valence-corrected chi connectivity index (χ1v) is 5.73. The number of benzene rings is 1. The smallest absolute Gasteiger partial charge is 0.228 e. The van der Waals surface area contributed by atoms with E-state index in [-0.39, 0.29) is 11.9 Å². The van der Waals surface area contributed by atoms with Gasteiger partial charge < -0.3 is 20.1 Å². The van der Waals surface area contributed by atoms with E-state index in [1.807, 2.05) is 0 Å². The Kier molecular flexibility index (Phi) is 4.97. The molecule has 1 rings (SSSR count). The fourth-order valence-corrected chi connectivity index (χ4v) is 1.59. The van der Waals surface area contributed by atoms with Gasteiger partial charge in [-0.25, -0.2) is 0 Å². The summed E-state index contributed by atoms with van der Waals surface area (Å²) in [5.74, 6) is 1.20. The lowest BCUT2D eigenvalue weighted by atomic mass is 10.2. The van der Waals surface area contributed by atoms with Crippen LogP contribution in [-0.2, 0) is 4.79 Å². The van der Waals surface area contributed by atoms with Gasteiger partial charge in [0.1, 0.15) is 0 Å². The van der Waals surface area contributed by atoms with Crippen molar-refractivity contribution < 1.29 is 14.3 Å². The molecule has 18 heavy (non-hydrogen) atoms. The molecule has 0 heterocycles. The Balaban J connectivity index is 2.92. The zero-order valence-electron chi connectivity index (χ0n) is 11.3. The van der Waals surface area contributed by atoms with Gasteiger partial charge >= 0.3 is 0 Å². The van der Waals surface area contributed by atoms with Gasteiger partial charge in [-0.15, -0.1) is 0 Å². The van der Waals surface area contributed by atoms with Crippen LogP contribution in [0.5, 0.6) is 11.5 Å². The summed E-state index contributed by atoms with van der Waals surface area (Å²) in [6.45, 7) is 1.81.